The average Bonchev–Trinajstić information content (AvgIpc) is 2.87. The molecule has 3 heteroatoms. The Balaban J connectivity index is 1.70. The van der Waals surface area contributed by atoms with Crippen molar-refractivity contribution in [2.45, 2.75) is 19.3 Å². The van der Waals surface area contributed by atoms with E-state index >= 15 is 0 Å². The van der Waals surface area contributed by atoms with Crippen molar-refractivity contribution in [2.75, 3.05) is 12.0 Å². The first kappa shape index (κ1) is 20.5. The van der Waals surface area contributed by atoms with Gasteiger partial charge in [0, 0.05) is 10.8 Å². The van der Waals surface area contributed by atoms with Crippen molar-refractivity contribution in [2.24, 2.45) is 0 Å². The Kier molecular flexibility index (Phi) is 4.50. The fourth-order valence-electron chi connectivity index (χ4n) is 5.53. The Morgan fingerprint density at radius 1 is 0.706 bits per heavy atom. The van der Waals surface area contributed by atoms with Crippen LogP contribution in [-0.4, -0.2) is 13.1 Å². The fourth-order valence-corrected chi connectivity index (χ4v) is 5.53. The van der Waals surface area contributed by atoms with E-state index in [4.69, 9.17) is 4.74 Å². The monoisotopic (exact) mass is 443 g/mol. The molecule has 1 aliphatic rings. The number of hydrogen-bond donors (Lipinski definition) is 0. The highest BCUT2D eigenvalue weighted by molar-refractivity contribution is 6.05. The number of fused-ring (bicyclic) bond motifs is 5. The summed E-state index contributed by atoms with van der Waals surface area (Å²) in [4.78, 5) is 14.6. The van der Waals surface area contributed by atoms with Crippen LogP contribution < -0.4 is 4.90 Å². The number of carbonyl (C=O) groups is 1. The Bertz CT molecular complexity index is 1590. The molecule has 0 unspecified atom stereocenters. The normalized spacial score (nSPS) is 14.0. The Labute approximate surface area is 199 Å². The number of hydrogen-bond acceptors (Lipinski definition) is 3. The van der Waals surface area contributed by atoms with Gasteiger partial charge in [0.05, 0.1) is 29.7 Å². The van der Waals surface area contributed by atoms with E-state index in [0.29, 0.717) is 5.56 Å². The largest absolute Gasteiger partial charge is 0.465 e. The zero-order chi connectivity index (χ0) is 23.4. The standard InChI is InChI=1S/C31H25NO2/c1-31(2)25-12-6-7-13-27(25)32(26-14-8-10-20-9-4-5-11-23(20)26)28-18-16-21-19-22(30(33)34-3)15-17-24(21)29(28)31/h4-19H,1-3H3. The summed E-state index contributed by atoms with van der Waals surface area (Å²) in [5.41, 5.74) is 6.40. The minimum Gasteiger partial charge on any atom is -0.465 e. The van der Waals surface area contributed by atoms with Crippen molar-refractivity contribution in [1.29, 1.82) is 0 Å². The van der Waals surface area contributed by atoms with Crippen LogP contribution in [-0.2, 0) is 10.2 Å². The van der Waals surface area contributed by atoms with Crippen LogP contribution in [0.1, 0.15) is 35.3 Å². The number of para-hydroxylation sites is 1. The molecular weight excluding hydrogens is 418 g/mol. The maximum atomic E-state index is 12.2. The summed E-state index contributed by atoms with van der Waals surface area (Å²) in [5, 5.41) is 4.61. The molecule has 0 saturated heterocycles. The summed E-state index contributed by atoms with van der Waals surface area (Å²) < 4.78 is 4.95. The van der Waals surface area contributed by atoms with Gasteiger partial charge in [0.25, 0.3) is 0 Å². The van der Waals surface area contributed by atoms with Gasteiger partial charge in [-0.05, 0) is 57.6 Å². The van der Waals surface area contributed by atoms with E-state index < -0.39 is 0 Å². The molecule has 0 radical (unpaired) electrons. The van der Waals surface area contributed by atoms with Crippen molar-refractivity contribution < 1.29 is 9.53 Å². The second-order valence-electron chi connectivity index (χ2n) is 9.36. The summed E-state index contributed by atoms with van der Waals surface area (Å²) in [6.45, 7) is 4.58. The first-order valence-electron chi connectivity index (χ1n) is 11.5. The lowest BCUT2D eigenvalue weighted by molar-refractivity contribution is 0.0601. The molecule has 5 aromatic carbocycles. The summed E-state index contributed by atoms with van der Waals surface area (Å²) >= 11 is 0. The number of anilines is 3. The highest BCUT2D eigenvalue weighted by atomic mass is 16.5. The molecule has 0 fully saturated rings. The molecular formula is C31H25NO2. The van der Waals surface area contributed by atoms with Gasteiger partial charge < -0.3 is 9.64 Å². The quantitative estimate of drug-likeness (QED) is 0.260. The number of methoxy groups -OCH3 is 1. The number of nitrogens with zero attached hydrogens (tertiary/aromatic N) is 1. The SMILES string of the molecule is COC(=O)c1ccc2c3c(ccc2c1)N(c1cccc2ccccc12)c1ccccc1C3(C)C. The van der Waals surface area contributed by atoms with Gasteiger partial charge in [-0.3, -0.25) is 0 Å². The molecule has 0 atom stereocenters. The maximum Gasteiger partial charge on any atom is 0.337 e. The third-order valence-corrected chi connectivity index (χ3v) is 7.11. The zero-order valence-electron chi connectivity index (χ0n) is 19.5. The second kappa shape index (κ2) is 7.46. The van der Waals surface area contributed by atoms with Gasteiger partial charge in [0.1, 0.15) is 0 Å². The van der Waals surface area contributed by atoms with Crippen LogP contribution in [0.5, 0.6) is 0 Å². The molecule has 0 spiro atoms. The average molecular weight is 444 g/mol. The fraction of sp³-hybridized carbons (Fsp3) is 0.129. The number of carbonyl (C=O) groups excluding carboxylic acids is 1. The summed E-state index contributed by atoms with van der Waals surface area (Å²) in [5.74, 6) is -0.318. The van der Waals surface area contributed by atoms with E-state index in [-0.39, 0.29) is 11.4 Å². The van der Waals surface area contributed by atoms with Crippen molar-refractivity contribution in [3.63, 3.8) is 0 Å². The van der Waals surface area contributed by atoms with Gasteiger partial charge in [-0.25, -0.2) is 4.79 Å². The Morgan fingerprint density at radius 3 is 2.29 bits per heavy atom. The number of rotatable bonds is 2. The third kappa shape index (κ3) is 2.87. The molecule has 5 aromatic rings. The molecule has 1 heterocycles. The van der Waals surface area contributed by atoms with Crippen LogP contribution in [0.4, 0.5) is 17.1 Å². The number of benzene rings is 5. The molecule has 3 nitrogen and oxygen atoms in total. The van der Waals surface area contributed by atoms with Gasteiger partial charge >= 0.3 is 5.97 Å². The molecule has 0 saturated carbocycles. The van der Waals surface area contributed by atoms with E-state index in [2.05, 4.69) is 104 Å². The van der Waals surface area contributed by atoms with Gasteiger partial charge in [-0.15, -0.1) is 0 Å². The van der Waals surface area contributed by atoms with E-state index in [1.807, 2.05) is 12.1 Å². The summed E-state index contributed by atoms with van der Waals surface area (Å²) in [6.07, 6.45) is 0. The van der Waals surface area contributed by atoms with E-state index in [1.54, 1.807) is 0 Å². The van der Waals surface area contributed by atoms with Gasteiger partial charge in [0.2, 0.25) is 0 Å². The Hall–Kier alpha value is -4.11. The predicted molar refractivity (Wildman–Crippen MR) is 140 cm³/mol. The molecule has 34 heavy (non-hydrogen) atoms. The highest BCUT2D eigenvalue weighted by Gasteiger charge is 2.38. The number of ether oxygens (including phenoxy) is 1. The summed E-state index contributed by atoms with van der Waals surface area (Å²) in [7, 11) is 1.42. The first-order valence-corrected chi connectivity index (χ1v) is 11.5. The molecule has 1 aliphatic heterocycles. The summed E-state index contributed by atoms with van der Waals surface area (Å²) in [6, 6.07) is 33.9. The van der Waals surface area contributed by atoms with Crippen molar-refractivity contribution in [1.82, 2.24) is 0 Å². The lowest BCUT2D eigenvalue weighted by atomic mass is 9.71. The molecule has 0 N–H and O–H groups in total. The minimum absolute atomic E-state index is 0.223. The van der Waals surface area contributed by atoms with Crippen LogP contribution in [0.15, 0.2) is 97.1 Å². The Morgan fingerprint density at radius 2 is 1.44 bits per heavy atom. The molecule has 0 aliphatic carbocycles. The van der Waals surface area contributed by atoms with E-state index in [1.165, 1.54) is 40.4 Å². The van der Waals surface area contributed by atoms with Crippen LogP contribution >= 0.6 is 0 Å². The molecule has 6 rings (SSSR count). The highest BCUT2D eigenvalue weighted by Crippen LogP contribution is 2.54. The number of esters is 1. The molecule has 166 valence electrons. The van der Waals surface area contributed by atoms with Crippen molar-refractivity contribution in [3.05, 3.63) is 114 Å². The lowest BCUT2D eigenvalue weighted by Crippen LogP contribution is -2.31. The van der Waals surface area contributed by atoms with Crippen molar-refractivity contribution >= 4 is 44.6 Å². The minimum atomic E-state index is -0.318. The van der Waals surface area contributed by atoms with Crippen LogP contribution in [0.2, 0.25) is 0 Å². The topological polar surface area (TPSA) is 29.5 Å². The zero-order valence-corrected chi connectivity index (χ0v) is 19.5. The van der Waals surface area contributed by atoms with Gasteiger partial charge in [0.15, 0.2) is 0 Å². The van der Waals surface area contributed by atoms with Crippen molar-refractivity contribution in [3.8, 4) is 0 Å². The van der Waals surface area contributed by atoms with Gasteiger partial charge in [-0.1, -0.05) is 80.6 Å². The van der Waals surface area contributed by atoms with Crippen LogP contribution in [0, 0.1) is 0 Å². The lowest BCUT2D eigenvalue weighted by Gasteiger charge is -2.43. The van der Waals surface area contributed by atoms with Crippen LogP contribution in [0.25, 0.3) is 21.5 Å². The van der Waals surface area contributed by atoms with E-state index in [9.17, 15) is 4.79 Å². The first-order chi connectivity index (χ1) is 16.5. The molecule has 0 aromatic heterocycles. The maximum absolute atomic E-state index is 12.2. The van der Waals surface area contributed by atoms with Crippen LogP contribution in [0.3, 0.4) is 0 Å². The van der Waals surface area contributed by atoms with Gasteiger partial charge in [-0.2, -0.15) is 0 Å². The molecule has 0 amide bonds. The third-order valence-electron chi connectivity index (χ3n) is 7.11. The van der Waals surface area contributed by atoms with E-state index in [0.717, 1.165) is 16.5 Å². The smallest absolute Gasteiger partial charge is 0.337 e. The second-order valence-corrected chi connectivity index (χ2v) is 9.36. The predicted octanol–water partition coefficient (Wildman–Crippen LogP) is 7.89. The molecule has 0 bridgehead atoms.